The Balaban J connectivity index is 1.18. The van der Waals surface area contributed by atoms with Crippen molar-refractivity contribution in [3.8, 4) is 56.4 Å². The number of para-hydroxylation sites is 3. The zero-order chi connectivity index (χ0) is 37.0. The van der Waals surface area contributed by atoms with E-state index in [0.717, 1.165) is 61.1 Å². The van der Waals surface area contributed by atoms with Crippen LogP contribution in [0.5, 0.6) is 0 Å². The van der Waals surface area contributed by atoms with Crippen LogP contribution in [0, 0.1) is 0 Å². The minimum absolute atomic E-state index is 0.627. The molecule has 0 bridgehead atoms. The molecule has 4 nitrogen and oxygen atoms in total. The van der Waals surface area contributed by atoms with Crippen LogP contribution in [0.3, 0.4) is 0 Å². The van der Waals surface area contributed by atoms with Crippen LogP contribution < -0.4 is 0 Å². The topological polar surface area (TPSA) is 35.6 Å². The molecule has 0 aliphatic heterocycles. The van der Waals surface area contributed by atoms with E-state index in [2.05, 4.69) is 215 Å². The number of hydrogen-bond acceptors (Lipinski definition) is 2. The van der Waals surface area contributed by atoms with Gasteiger partial charge in [0.25, 0.3) is 0 Å². The minimum atomic E-state index is 0.627. The Morgan fingerprint density at radius 1 is 0.268 bits per heavy atom. The molecule has 0 aliphatic rings. The summed E-state index contributed by atoms with van der Waals surface area (Å²) in [6.45, 7) is 0. The summed E-state index contributed by atoms with van der Waals surface area (Å²) < 4.78 is 4.63. The van der Waals surface area contributed by atoms with Gasteiger partial charge in [-0.05, 0) is 70.8 Å². The predicted molar refractivity (Wildman–Crippen MR) is 232 cm³/mol. The number of benzene rings is 8. The molecular formula is C52H34N4. The molecule has 0 radical (unpaired) electrons. The summed E-state index contributed by atoms with van der Waals surface area (Å²) in [5.74, 6) is 0.627. The van der Waals surface area contributed by atoms with Gasteiger partial charge in [0.05, 0.1) is 33.5 Å². The summed E-state index contributed by atoms with van der Waals surface area (Å²) in [5, 5.41) is 4.77. The molecule has 0 N–H and O–H groups in total. The molecule has 0 spiro atoms. The lowest BCUT2D eigenvalue weighted by molar-refractivity contribution is 0.995. The highest BCUT2D eigenvalue weighted by molar-refractivity contribution is 6.19. The molecule has 4 heteroatoms. The van der Waals surface area contributed by atoms with E-state index in [0.29, 0.717) is 5.95 Å². The minimum Gasteiger partial charge on any atom is -0.309 e. The number of aromatic nitrogens is 4. The lowest BCUT2D eigenvalue weighted by Gasteiger charge is -2.13. The average molecular weight is 715 g/mol. The fraction of sp³-hybridized carbons (Fsp3) is 0. The third kappa shape index (κ3) is 5.31. The summed E-state index contributed by atoms with van der Waals surface area (Å²) in [5.41, 5.74) is 14.0. The van der Waals surface area contributed by atoms with Crippen molar-refractivity contribution in [1.29, 1.82) is 0 Å². The van der Waals surface area contributed by atoms with E-state index < -0.39 is 0 Å². The molecule has 3 heterocycles. The first-order valence-corrected chi connectivity index (χ1v) is 19.0. The molecule has 0 aliphatic carbocycles. The second-order valence-corrected chi connectivity index (χ2v) is 14.3. The molecule has 8 aromatic carbocycles. The highest BCUT2D eigenvalue weighted by Crippen LogP contribution is 2.40. The van der Waals surface area contributed by atoms with Gasteiger partial charge in [-0.25, -0.2) is 9.97 Å². The molecule has 3 aromatic heterocycles. The molecular weight excluding hydrogens is 681 g/mol. The molecule has 11 aromatic rings. The Labute approximate surface area is 324 Å². The molecule has 0 fully saturated rings. The average Bonchev–Trinajstić information content (AvgIpc) is 3.78. The van der Waals surface area contributed by atoms with E-state index in [9.17, 15) is 0 Å². The van der Waals surface area contributed by atoms with Crippen molar-refractivity contribution < 1.29 is 0 Å². The lowest BCUT2D eigenvalue weighted by Crippen LogP contribution is -2.04. The molecule has 0 saturated carbocycles. The number of hydrogen-bond donors (Lipinski definition) is 0. The first-order valence-electron chi connectivity index (χ1n) is 19.0. The highest BCUT2D eigenvalue weighted by atomic mass is 15.2. The normalized spacial score (nSPS) is 11.6. The van der Waals surface area contributed by atoms with Crippen LogP contribution in [0.4, 0.5) is 0 Å². The summed E-state index contributed by atoms with van der Waals surface area (Å²) in [6.07, 6.45) is 0. The summed E-state index contributed by atoms with van der Waals surface area (Å²) in [6, 6.07) is 73.2. The third-order valence-electron chi connectivity index (χ3n) is 10.9. The van der Waals surface area contributed by atoms with Gasteiger partial charge >= 0.3 is 0 Å². The second-order valence-electron chi connectivity index (χ2n) is 14.3. The maximum Gasteiger partial charge on any atom is 0.235 e. The van der Waals surface area contributed by atoms with E-state index in [1.165, 1.54) is 33.0 Å². The first-order chi connectivity index (χ1) is 27.8. The fourth-order valence-electron chi connectivity index (χ4n) is 8.28. The van der Waals surface area contributed by atoms with Gasteiger partial charge in [0.1, 0.15) is 0 Å². The summed E-state index contributed by atoms with van der Waals surface area (Å²) in [4.78, 5) is 10.8. The van der Waals surface area contributed by atoms with Crippen molar-refractivity contribution in [3.63, 3.8) is 0 Å². The van der Waals surface area contributed by atoms with E-state index in [1.54, 1.807) is 0 Å². The second kappa shape index (κ2) is 13.1. The van der Waals surface area contributed by atoms with Gasteiger partial charge in [-0.3, -0.25) is 4.57 Å². The zero-order valence-corrected chi connectivity index (χ0v) is 30.4. The molecule has 0 amide bonds. The largest absolute Gasteiger partial charge is 0.309 e. The smallest absolute Gasteiger partial charge is 0.235 e. The third-order valence-corrected chi connectivity index (χ3v) is 10.9. The Morgan fingerprint density at radius 3 is 1.39 bits per heavy atom. The Bertz CT molecular complexity index is 3220. The van der Waals surface area contributed by atoms with Crippen LogP contribution >= 0.6 is 0 Å². The molecule has 11 rings (SSSR count). The summed E-state index contributed by atoms with van der Waals surface area (Å²) >= 11 is 0. The fourth-order valence-corrected chi connectivity index (χ4v) is 8.28. The van der Waals surface area contributed by atoms with Gasteiger partial charge < -0.3 is 4.57 Å². The standard InChI is InChI=1S/C52H34N4/c1-4-15-35(16-5-1)37-27-29-38(30-28-37)46-33-47(40-20-14-19-39(31-40)36-17-6-2-7-18-36)54-52(53-46)56-49-26-13-11-24-43(49)45-32-44-42-23-10-12-25-48(42)55(50(44)34-51(45)56)41-21-8-3-9-22-41/h1-34H. The Hall–Kier alpha value is -7.56. The molecule has 56 heavy (non-hydrogen) atoms. The van der Waals surface area contributed by atoms with E-state index in [1.807, 2.05) is 0 Å². The summed E-state index contributed by atoms with van der Waals surface area (Å²) in [7, 11) is 0. The van der Waals surface area contributed by atoms with Gasteiger partial charge in [-0.15, -0.1) is 0 Å². The van der Waals surface area contributed by atoms with Gasteiger partial charge in [-0.1, -0.05) is 158 Å². The van der Waals surface area contributed by atoms with Gasteiger partial charge in [0.2, 0.25) is 5.95 Å². The van der Waals surface area contributed by atoms with E-state index >= 15 is 0 Å². The number of nitrogens with zero attached hydrogens (tertiary/aromatic N) is 4. The lowest BCUT2D eigenvalue weighted by atomic mass is 10.00. The zero-order valence-electron chi connectivity index (χ0n) is 30.4. The molecule has 0 saturated heterocycles. The monoisotopic (exact) mass is 714 g/mol. The predicted octanol–water partition coefficient (Wildman–Crippen LogP) is 13.3. The van der Waals surface area contributed by atoms with Crippen molar-refractivity contribution >= 4 is 43.6 Å². The van der Waals surface area contributed by atoms with Crippen molar-refractivity contribution in [2.75, 3.05) is 0 Å². The molecule has 262 valence electrons. The first kappa shape index (κ1) is 31.9. The van der Waals surface area contributed by atoms with Crippen molar-refractivity contribution in [3.05, 3.63) is 206 Å². The van der Waals surface area contributed by atoms with Crippen molar-refractivity contribution in [2.45, 2.75) is 0 Å². The SMILES string of the molecule is c1ccc(-c2ccc(-c3cc(-c4cccc(-c5ccccc5)c4)nc(-n4c5ccccc5c5cc6c7ccccc7n(-c7ccccc7)c6cc54)n3)cc2)cc1. The number of rotatable bonds is 6. The maximum absolute atomic E-state index is 5.42. The van der Waals surface area contributed by atoms with Crippen LogP contribution in [0.15, 0.2) is 206 Å². The van der Waals surface area contributed by atoms with Gasteiger partial charge in [0, 0.05) is 38.4 Å². The van der Waals surface area contributed by atoms with Crippen LogP contribution in [0.25, 0.3) is 100 Å². The van der Waals surface area contributed by atoms with Gasteiger partial charge in [-0.2, -0.15) is 0 Å². The van der Waals surface area contributed by atoms with Crippen LogP contribution in [-0.4, -0.2) is 19.1 Å². The van der Waals surface area contributed by atoms with E-state index in [-0.39, 0.29) is 0 Å². The van der Waals surface area contributed by atoms with Crippen molar-refractivity contribution in [1.82, 2.24) is 19.1 Å². The van der Waals surface area contributed by atoms with Crippen LogP contribution in [-0.2, 0) is 0 Å². The van der Waals surface area contributed by atoms with Crippen LogP contribution in [0.1, 0.15) is 0 Å². The van der Waals surface area contributed by atoms with E-state index in [4.69, 9.17) is 9.97 Å². The Kier molecular flexibility index (Phi) is 7.46. The van der Waals surface area contributed by atoms with Gasteiger partial charge in [0.15, 0.2) is 0 Å². The van der Waals surface area contributed by atoms with Crippen molar-refractivity contribution in [2.24, 2.45) is 0 Å². The highest BCUT2D eigenvalue weighted by Gasteiger charge is 2.21. The quantitative estimate of drug-likeness (QED) is 0.172. The van der Waals surface area contributed by atoms with Crippen LogP contribution in [0.2, 0.25) is 0 Å². The maximum atomic E-state index is 5.42. The number of fused-ring (bicyclic) bond motifs is 6. The Morgan fingerprint density at radius 2 is 0.732 bits per heavy atom. The molecule has 0 atom stereocenters. The molecule has 0 unspecified atom stereocenters.